The minimum absolute atomic E-state index is 0.0818. The highest BCUT2D eigenvalue weighted by Gasteiger charge is 2.39. The molecule has 0 spiro atoms. The SMILES string of the molecule is CC(C)(C)OC(=O)N1CC[C@H](Oc2ccc(C(=O)N3CCN(C(=O)c4cccc(C(F)(F)F)c4OC(=O)N4CCNCC4)CC3)cc2C2CCCCC2)C1. The lowest BCUT2D eigenvalue weighted by Gasteiger charge is -2.35. The first kappa shape index (κ1) is 39.2. The number of nitrogens with zero attached hydrogens (tertiary/aromatic N) is 4. The second-order valence-corrected chi connectivity index (χ2v) is 15.4. The molecule has 1 N–H and O–H groups in total. The number of para-hydroxylation sites is 1. The van der Waals surface area contributed by atoms with Gasteiger partial charge in [0.25, 0.3) is 11.8 Å². The molecule has 0 radical (unpaired) electrons. The summed E-state index contributed by atoms with van der Waals surface area (Å²) in [6.07, 6.45) is -0.466. The van der Waals surface area contributed by atoms with E-state index in [-0.39, 0.29) is 68.9 Å². The summed E-state index contributed by atoms with van der Waals surface area (Å²) in [4.78, 5) is 59.1. The first-order valence-electron chi connectivity index (χ1n) is 18.9. The second kappa shape index (κ2) is 16.5. The molecule has 2 aromatic carbocycles. The van der Waals surface area contributed by atoms with Crippen molar-refractivity contribution in [1.29, 1.82) is 0 Å². The van der Waals surface area contributed by atoms with E-state index in [1.165, 1.54) is 15.9 Å². The van der Waals surface area contributed by atoms with Gasteiger partial charge in [-0.15, -0.1) is 0 Å². The highest BCUT2D eigenvalue weighted by atomic mass is 19.4. The van der Waals surface area contributed by atoms with Crippen LogP contribution in [0.25, 0.3) is 0 Å². The Labute approximate surface area is 313 Å². The molecule has 0 bridgehead atoms. The van der Waals surface area contributed by atoms with Gasteiger partial charge in [0, 0.05) is 70.9 Å². The molecule has 0 unspecified atom stereocenters. The molecule has 3 heterocycles. The average molecular weight is 758 g/mol. The molecular weight excluding hydrogens is 707 g/mol. The molecule has 0 aromatic heterocycles. The van der Waals surface area contributed by atoms with Crippen molar-refractivity contribution in [3.05, 3.63) is 58.7 Å². The number of halogens is 3. The number of benzene rings is 2. The molecule has 4 fully saturated rings. The van der Waals surface area contributed by atoms with Crippen LogP contribution in [-0.4, -0.2) is 121 Å². The quantitative estimate of drug-likeness (QED) is 0.373. The Balaban J connectivity index is 1.13. The van der Waals surface area contributed by atoms with Crippen LogP contribution in [0.15, 0.2) is 36.4 Å². The Kier molecular flexibility index (Phi) is 11.9. The maximum absolute atomic E-state index is 14.1. The largest absolute Gasteiger partial charge is 0.488 e. The topological polar surface area (TPSA) is 121 Å². The summed E-state index contributed by atoms with van der Waals surface area (Å²) in [5, 5.41) is 3.07. The number of likely N-dealkylation sites (tertiary alicyclic amines) is 1. The smallest absolute Gasteiger partial charge is 0.420 e. The van der Waals surface area contributed by atoms with E-state index >= 15 is 0 Å². The normalized spacial score (nSPS) is 20.1. The third kappa shape index (κ3) is 9.39. The fraction of sp³-hybridized carbons (Fsp3) is 0.590. The number of alkyl halides is 3. The van der Waals surface area contributed by atoms with Crippen molar-refractivity contribution in [1.82, 2.24) is 24.9 Å². The number of carbonyl (C=O) groups is 4. The molecule has 1 aliphatic carbocycles. The Hall–Kier alpha value is -4.53. The molecule has 294 valence electrons. The number of hydrogen-bond donors (Lipinski definition) is 1. The van der Waals surface area contributed by atoms with Crippen LogP contribution in [-0.2, 0) is 10.9 Å². The summed E-state index contributed by atoms with van der Waals surface area (Å²) < 4.78 is 59.6. The number of ether oxygens (including phenoxy) is 3. The van der Waals surface area contributed by atoms with Gasteiger partial charge in [0.15, 0.2) is 5.75 Å². The predicted molar refractivity (Wildman–Crippen MR) is 193 cm³/mol. The molecule has 54 heavy (non-hydrogen) atoms. The molecule has 4 amide bonds. The Morgan fingerprint density at radius 3 is 2.06 bits per heavy atom. The van der Waals surface area contributed by atoms with Gasteiger partial charge in [-0.25, -0.2) is 9.59 Å². The van der Waals surface area contributed by atoms with E-state index in [9.17, 15) is 32.3 Å². The molecule has 1 saturated carbocycles. The van der Waals surface area contributed by atoms with Gasteiger partial charge in [-0.2, -0.15) is 13.2 Å². The van der Waals surface area contributed by atoms with E-state index in [0.29, 0.717) is 43.9 Å². The zero-order valence-electron chi connectivity index (χ0n) is 31.2. The molecule has 15 heteroatoms. The van der Waals surface area contributed by atoms with E-state index in [1.54, 1.807) is 15.9 Å². The van der Waals surface area contributed by atoms with Crippen LogP contribution >= 0.6 is 0 Å². The van der Waals surface area contributed by atoms with E-state index in [0.717, 1.165) is 49.8 Å². The highest BCUT2D eigenvalue weighted by molar-refractivity contribution is 5.99. The lowest BCUT2D eigenvalue weighted by molar-refractivity contribution is -0.138. The average Bonchev–Trinajstić information content (AvgIpc) is 3.63. The fourth-order valence-electron chi connectivity index (χ4n) is 7.52. The first-order valence-corrected chi connectivity index (χ1v) is 18.9. The van der Waals surface area contributed by atoms with Gasteiger partial charge in [0.2, 0.25) is 0 Å². The molecule has 12 nitrogen and oxygen atoms in total. The predicted octanol–water partition coefficient (Wildman–Crippen LogP) is 6.14. The van der Waals surface area contributed by atoms with Gasteiger partial charge in [0.1, 0.15) is 17.5 Å². The van der Waals surface area contributed by atoms with Crippen molar-refractivity contribution >= 4 is 24.0 Å². The summed E-state index contributed by atoms with van der Waals surface area (Å²) in [6, 6.07) is 8.63. The van der Waals surface area contributed by atoms with Crippen molar-refractivity contribution in [2.45, 2.75) is 83.1 Å². The molecule has 1 atom stereocenters. The number of carbonyl (C=O) groups excluding carboxylic acids is 4. The minimum Gasteiger partial charge on any atom is -0.488 e. The van der Waals surface area contributed by atoms with Crippen molar-refractivity contribution in [2.24, 2.45) is 0 Å². The minimum atomic E-state index is -4.87. The Bertz CT molecular complexity index is 1690. The maximum Gasteiger partial charge on any atom is 0.420 e. The molecule has 6 rings (SSSR count). The van der Waals surface area contributed by atoms with E-state index in [1.807, 2.05) is 32.9 Å². The zero-order valence-corrected chi connectivity index (χ0v) is 31.2. The van der Waals surface area contributed by atoms with Crippen LogP contribution in [0.4, 0.5) is 22.8 Å². The number of hydrogen-bond acceptors (Lipinski definition) is 8. The van der Waals surface area contributed by atoms with Gasteiger partial charge in [-0.1, -0.05) is 25.3 Å². The number of piperazine rings is 2. The molecule has 2 aromatic rings. The van der Waals surface area contributed by atoms with Crippen molar-refractivity contribution in [2.75, 3.05) is 65.4 Å². The van der Waals surface area contributed by atoms with Crippen LogP contribution in [0.3, 0.4) is 0 Å². The summed E-state index contributed by atoms with van der Waals surface area (Å²) in [5.74, 6) is -0.812. The summed E-state index contributed by atoms with van der Waals surface area (Å²) in [7, 11) is 0. The third-order valence-electron chi connectivity index (χ3n) is 10.4. The number of amides is 4. The van der Waals surface area contributed by atoms with Gasteiger partial charge < -0.3 is 39.1 Å². The summed E-state index contributed by atoms with van der Waals surface area (Å²) in [5.41, 5.74) is -0.707. The zero-order chi connectivity index (χ0) is 38.6. The molecular formula is C39H50F3N5O7. The van der Waals surface area contributed by atoms with Gasteiger partial charge in [0.05, 0.1) is 17.7 Å². The maximum atomic E-state index is 14.1. The second-order valence-electron chi connectivity index (χ2n) is 15.4. The monoisotopic (exact) mass is 757 g/mol. The lowest BCUT2D eigenvalue weighted by atomic mass is 9.83. The molecule has 3 aliphatic heterocycles. The summed E-state index contributed by atoms with van der Waals surface area (Å²) in [6.45, 7) is 8.40. The number of rotatable bonds is 6. The number of nitrogens with one attached hydrogen (secondary N) is 1. The Morgan fingerprint density at radius 1 is 0.741 bits per heavy atom. The van der Waals surface area contributed by atoms with E-state index in [4.69, 9.17) is 14.2 Å². The van der Waals surface area contributed by atoms with Crippen LogP contribution in [0.1, 0.15) is 97.1 Å². The lowest BCUT2D eigenvalue weighted by Crippen LogP contribution is -2.51. The standard InChI is InChI=1S/C39H50F3N5O7/c1-38(2,3)54-37(51)47-17-14-28(25-47)52-32-13-12-27(24-30(32)26-8-5-4-6-9-26)34(48)44-20-22-45(23-21-44)35(49)29-10-7-11-31(39(40,41)42)33(29)53-36(50)46-18-15-43-16-19-46/h7,10-13,24,26,28,43H,4-6,8-9,14-23,25H2,1-3H3/t28-/m0/s1. The first-order chi connectivity index (χ1) is 25.7. The highest BCUT2D eigenvalue weighted by Crippen LogP contribution is 2.40. The van der Waals surface area contributed by atoms with Crippen LogP contribution in [0.5, 0.6) is 11.5 Å². The van der Waals surface area contributed by atoms with Crippen molar-refractivity contribution in [3.8, 4) is 11.5 Å². The third-order valence-corrected chi connectivity index (χ3v) is 10.4. The van der Waals surface area contributed by atoms with Gasteiger partial charge in [-0.3, -0.25) is 9.59 Å². The fourth-order valence-corrected chi connectivity index (χ4v) is 7.52. The van der Waals surface area contributed by atoms with Crippen LogP contribution in [0.2, 0.25) is 0 Å². The van der Waals surface area contributed by atoms with E-state index < -0.39 is 35.1 Å². The van der Waals surface area contributed by atoms with Crippen molar-refractivity contribution < 1.29 is 46.6 Å². The Morgan fingerprint density at radius 2 is 1.41 bits per heavy atom. The van der Waals surface area contributed by atoms with Crippen LogP contribution in [0, 0.1) is 0 Å². The van der Waals surface area contributed by atoms with Gasteiger partial charge >= 0.3 is 18.4 Å². The van der Waals surface area contributed by atoms with Gasteiger partial charge in [-0.05, 0) is 75.4 Å². The van der Waals surface area contributed by atoms with Crippen molar-refractivity contribution in [3.63, 3.8) is 0 Å². The molecule has 4 aliphatic rings. The van der Waals surface area contributed by atoms with E-state index in [2.05, 4.69) is 5.32 Å². The molecule has 3 saturated heterocycles. The van der Waals surface area contributed by atoms with Crippen LogP contribution < -0.4 is 14.8 Å². The summed E-state index contributed by atoms with van der Waals surface area (Å²) >= 11 is 0.